The topological polar surface area (TPSA) is 64.3 Å². The maximum Gasteiger partial charge on any atom is 0.234 e. The molecule has 6 heteroatoms. The van der Waals surface area contributed by atoms with E-state index in [4.69, 9.17) is 8.80 Å². The molecule has 0 aromatic heterocycles. The predicted octanol–water partition coefficient (Wildman–Crippen LogP) is 2.70. The summed E-state index contributed by atoms with van der Waals surface area (Å²) in [6, 6.07) is 7.24. The van der Waals surface area contributed by atoms with E-state index in [2.05, 4.69) is 5.32 Å². The number of para-hydroxylation sites is 2. The Kier molecular flexibility index (Phi) is 7.38. The van der Waals surface area contributed by atoms with Gasteiger partial charge in [-0.2, -0.15) is 11.8 Å². The van der Waals surface area contributed by atoms with Crippen LogP contribution in [0.5, 0.6) is 0 Å². The van der Waals surface area contributed by atoms with Crippen molar-refractivity contribution in [1.82, 2.24) is 0 Å². The number of carbonyl (C=O) groups is 1. The van der Waals surface area contributed by atoms with E-state index in [0.29, 0.717) is 17.1 Å². The molecule has 0 radical (unpaired) electrons. The highest BCUT2D eigenvalue weighted by Gasteiger charge is 2.04. The monoisotopic (exact) mass is 366 g/mol. The molecule has 0 unspecified atom stereocenters. The Balaban J connectivity index is 2.23. The molecule has 1 aromatic carbocycles. The van der Waals surface area contributed by atoms with Crippen molar-refractivity contribution in [2.75, 3.05) is 29.2 Å². The highest BCUT2D eigenvalue weighted by atomic mass is 127. The molecule has 3 N–H and O–H groups in total. The van der Waals surface area contributed by atoms with E-state index < -0.39 is 0 Å². The highest BCUT2D eigenvalue weighted by molar-refractivity contribution is 14.1. The van der Waals surface area contributed by atoms with Gasteiger partial charge in [0.2, 0.25) is 5.91 Å². The third-order valence-corrected chi connectivity index (χ3v) is 3.46. The van der Waals surface area contributed by atoms with Gasteiger partial charge >= 0.3 is 0 Å². The lowest BCUT2D eigenvalue weighted by atomic mass is 10.3. The van der Waals surface area contributed by atoms with Crippen molar-refractivity contribution in [3.05, 3.63) is 24.3 Å². The maximum atomic E-state index is 11.6. The molecule has 0 saturated heterocycles. The van der Waals surface area contributed by atoms with Crippen LogP contribution in [0.3, 0.4) is 0 Å². The van der Waals surface area contributed by atoms with Crippen LogP contribution in [-0.4, -0.2) is 24.0 Å². The molecule has 0 atom stereocenters. The van der Waals surface area contributed by atoms with Crippen LogP contribution in [0.1, 0.15) is 6.42 Å². The number of anilines is 2. The molecule has 0 fully saturated rings. The Morgan fingerprint density at radius 1 is 1.47 bits per heavy atom. The second-order valence-electron chi connectivity index (χ2n) is 3.35. The van der Waals surface area contributed by atoms with Crippen LogP contribution in [0.25, 0.3) is 0 Å². The van der Waals surface area contributed by atoms with Crippen LogP contribution in [0.4, 0.5) is 11.4 Å². The van der Waals surface area contributed by atoms with Gasteiger partial charge in [0.1, 0.15) is 23.0 Å². The lowest BCUT2D eigenvalue weighted by molar-refractivity contribution is -0.113. The smallest absolute Gasteiger partial charge is 0.234 e. The van der Waals surface area contributed by atoms with E-state index in [0.717, 1.165) is 18.8 Å². The van der Waals surface area contributed by atoms with E-state index in [1.807, 2.05) is 35.1 Å². The first-order valence-electron chi connectivity index (χ1n) is 5.19. The molecule has 0 spiro atoms. The Morgan fingerprint density at radius 2 is 2.24 bits per heavy atom. The number of benzene rings is 1. The maximum absolute atomic E-state index is 11.6. The van der Waals surface area contributed by atoms with Crippen molar-refractivity contribution in [3.63, 3.8) is 0 Å². The molecule has 1 aromatic rings. The summed E-state index contributed by atoms with van der Waals surface area (Å²) in [5.41, 5.74) is 6.99. The van der Waals surface area contributed by atoms with Crippen molar-refractivity contribution in [1.29, 1.82) is 0 Å². The highest BCUT2D eigenvalue weighted by Crippen LogP contribution is 2.17. The van der Waals surface area contributed by atoms with Crippen molar-refractivity contribution in [2.24, 2.45) is 0 Å². The normalized spacial score (nSPS) is 10.2. The first-order chi connectivity index (χ1) is 8.24. The average molecular weight is 366 g/mol. The quantitative estimate of drug-likeness (QED) is 0.443. The standard InChI is InChI=1S/C11H15IN2O2S/c12-16-6-3-7-17-8-11(15)14-10-5-2-1-4-9(10)13/h1-2,4-5H,3,6-8,13H2,(H,14,15). The Bertz CT molecular complexity index is 363. The molecule has 0 aliphatic rings. The fourth-order valence-corrected chi connectivity index (χ4v) is 2.21. The number of thioether (sulfide) groups is 1. The largest absolute Gasteiger partial charge is 0.397 e. The predicted molar refractivity (Wildman–Crippen MR) is 81.4 cm³/mol. The summed E-state index contributed by atoms with van der Waals surface area (Å²) in [5.74, 6) is 1.33. The molecular weight excluding hydrogens is 351 g/mol. The minimum Gasteiger partial charge on any atom is -0.397 e. The molecule has 0 aliphatic carbocycles. The minimum absolute atomic E-state index is 0.0247. The first-order valence-corrected chi connectivity index (χ1v) is 7.23. The zero-order chi connectivity index (χ0) is 12.5. The lowest BCUT2D eigenvalue weighted by Gasteiger charge is -2.07. The van der Waals surface area contributed by atoms with Crippen LogP contribution >= 0.6 is 34.8 Å². The number of amides is 1. The van der Waals surface area contributed by atoms with Gasteiger partial charge in [-0.25, -0.2) is 0 Å². The Morgan fingerprint density at radius 3 is 2.94 bits per heavy atom. The van der Waals surface area contributed by atoms with Gasteiger partial charge in [-0.05, 0) is 24.3 Å². The number of nitrogens with one attached hydrogen (secondary N) is 1. The molecule has 94 valence electrons. The molecule has 1 rings (SSSR count). The summed E-state index contributed by atoms with van der Waals surface area (Å²) in [6.07, 6.45) is 0.953. The van der Waals surface area contributed by atoms with Gasteiger partial charge in [-0.15, -0.1) is 0 Å². The number of carbonyl (C=O) groups excluding carboxylic acids is 1. The average Bonchev–Trinajstić information content (AvgIpc) is 2.32. The second kappa shape index (κ2) is 8.60. The van der Waals surface area contributed by atoms with Crippen molar-refractivity contribution >= 4 is 52.0 Å². The first kappa shape index (κ1) is 14.6. The van der Waals surface area contributed by atoms with E-state index in [9.17, 15) is 4.79 Å². The van der Waals surface area contributed by atoms with E-state index in [-0.39, 0.29) is 5.91 Å². The molecule has 0 aliphatic heterocycles. The molecule has 0 saturated carbocycles. The zero-order valence-electron chi connectivity index (χ0n) is 9.32. The summed E-state index contributed by atoms with van der Waals surface area (Å²) in [6.45, 7) is 0.723. The van der Waals surface area contributed by atoms with E-state index >= 15 is 0 Å². The summed E-state index contributed by atoms with van der Waals surface area (Å²) in [5, 5.41) is 2.78. The molecule has 0 heterocycles. The lowest BCUT2D eigenvalue weighted by Crippen LogP contribution is -2.15. The summed E-state index contributed by atoms with van der Waals surface area (Å²) in [4.78, 5) is 11.6. The molecule has 4 nitrogen and oxygen atoms in total. The number of rotatable bonds is 7. The van der Waals surface area contributed by atoms with Crippen molar-refractivity contribution < 1.29 is 7.86 Å². The van der Waals surface area contributed by atoms with Crippen LogP contribution in [0.15, 0.2) is 24.3 Å². The van der Waals surface area contributed by atoms with Crippen molar-refractivity contribution in [2.45, 2.75) is 6.42 Å². The zero-order valence-corrected chi connectivity index (χ0v) is 12.3. The summed E-state index contributed by atoms with van der Waals surface area (Å²) < 4.78 is 4.90. The van der Waals surface area contributed by atoms with Crippen molar-refractivity contribution in [3.8, 4) is 0 Å². The van der Waals surface area contributed by atoms with Crippen LogP contribution < -0.4 is 11.1 Å². The number of nitrogen functional groups attached to an aromatic ring is 1. The summed E-state index contributed by atoms with van der Waals surface area (Å²) >= 11 is 3.46. The third kappa shape index (κ3) is 6.13. The number of hydrogen-bond acceptors (Lipinski definition) is 4. The molecule has 0 bridgehead atoms. The molecular formula is C11H15IN2O2S. The van der Waals surface area contributed by atoms with Crippen LogP contribution in [-0.2, 0) is 7.86 Å². The number of halogens is 1. The number of hydrogen-bond donors (Lipinski definition) is 2. The van der Waals surface area contributed by atoms with Gasteiger partial charge in [0, 0.05) is 0 Å². The summed E-state index contributed by atoms with van der Waals surface area (Å²) in [7, 11) is 0. The molecule has 1 amide bonds. The minimum atomic E-state index is -0.0247. The number of nitrogens with two attached hydrogens (primary N) is 1. The van der Waals surface area contributed by atoms with Gasteiger partial charge in [0.25, 0.3) is 0 Å². The Labute approximate surface area is 119 Å². The Hall–Kier alpha value is -0.470. The molecule has 17 heavy (non-hydrogen) atoms. The van der Waals surface area contributed by atoms with Gasteiger partial charge in [-0.1, -0.05) is 12.1 Å². The van der Waals surface area contributed by atoms with Crippen LogP contribution in [0.2, 0.25) is 0 Å². The van der Waals surface area contributed by atoms with Gasteiger partial charge in [0.15, 0.2) is 0 Å². The van der Waals surface area contributed by atoms with E-state index in [1.54, 1.807) is 23.9 Å². The third-order valence-electron chi connectivity index (χ3n) is 1.98. The SMILES string of the molecule is Nc1ccccc1NC(=O)CSCCCOI. The fraction of sp³-hybridized carbons (Fsp3) is 0.364. The van der Waals surface area contributed by atoms with Crippen LogP contribution in [0, 0.1) is 0 Å². The fourth-order valence-electron chi connectivity index (χ4n) is 1.18. The van der Waals surface area contributed by atoms with Gasteiger partial charge < -0.3 is 14.1 Å². The van der Waals surface area contributed by atoms with Gasteiger partial charge in [-0.3, -0.25) is 4.79 Å². The second-order valence-corrected chi connectivity index (χ2v) is 5.08. The van der Waals surface area contributed by atoms with Gasteiger partial charge in [0.05, 0.1) is 23.7 Å². The van der Waals surface area contributed by atoms with E-state index in [1.165, 1.54) is 0 Å².